The summed E-state index contributed by atoms with van der Waals surface area (Å²) in [6.45, 7) is 0. The number of hydrogen-bond donors (Lipinski definition) is 3. The number of hydrogen-bond acceptors (Lipinski definition) is 4. The first-order chi connectivity index (χ1) is 11.1. The molecule has 2 aromatic rings. The smallest absolute Gasteiger partial charge is 0.284 e. The number of alkyl halides is 3. The number of sulfonamides is 1. The minimum Gasteiger partial charge on any atom is -0.284 e. The Morgan fingerprint density at radius 1 is 0.917 bits per heavy atom. The van der Waals surface area contributed by atoms with Crippen molar-refractivity contribution in [1.29, 1.82) is 0 Å². The summed E-state index contributed by atoms with van der Waals surface area (Å²) in [5, 5.41) is 0. The van der Waals surface area contributed by atoms with Crippen molar-refractivity contribution >= 4 is 15.7 Å². The van der Waals surface area contributed by atoms with Crippen LogP contribution in [-0.4, -0.2) is 20.8 Å². The SMILES string of the molecule is CS(=O)(=O)Nc1ccc(-c2ccc(C3(C(F)(F)F)NN3)cc2)cc1. The van der Waals surface area contributed by atoms with Crippen molar-refractivity contribution in [2.75, 3.05) is 11.0 Å². The van der Waals surface area contributed by atoms with E-state index in [9.17, 15) is 21.6 Å². The number of anilines is 1. The summed E-state index contributed by atoms with van der Waals surface area (Å²) in [7, 11) is -3.35. The second kappa shape index (κ2) is 5.47. The molecule has 1 saturated heterocycles. The van der Waals surface area contributed by atoms with Gasteiger partial charge in [-0.2, -0.15) is 13.2 Å². The maximum atomic E-state index is 13.0. The highest BCUT2D eigenvalue weighted by molar-refractivity contribution is 7.92. The molecule has 0 unspecified atom stereocenters. The van der Waals surface area contributed by atoms with Crippen LogP contribution in [0.5, 0.6) is 0 Å². The minimum atomic E-state index is -4.44. The first kappa shape index (κ1) is 16.7. The van der Waals surface area contributed by atoms with E-state index in [1.807, 2.05) is 0 Å². The van der Waals surface area contributed by atoms with Crippen molar-refractivity contribution in [2.45, 2.75) is 11.8 Å². The van der Waals surface area contributed by atoms with Gasteiger partial charge in [0.1, 0.15) is 0 Å². The molecule has 0 aromatic heterocycles. The van der Waals surface area contributed by atoms with E-state index in [0.29, 0.717) is 5.69 Å². The van der Waals surface area contributed by atoms with Crippen molar-refractivity contribution in [1.82, 2.24) is 10.9 Å². The molecule has 24 heavy (non-hydrogen) atoms. The molecule has 5 nitrogen and oxygen atoms in total. The quantitative estimate of drug-likeness (QED) is 0.734. The lowest BCUT2D eigenvalue weighted by atomic mass is 9.99. The molecule has 1 aliphatic rings. The molecule has 1 aliphatic heterocycles. The van der Waals surface area contributed by atoms with E-state index in [1.54, 1.807) is 36.4 Å². The van der Waals surface area contributed by atoms with Gasteiger partial charge in [-0.05, 0) is 28.8 Å². The molecule has 0 atom stereocenters. The fourth-order valence-electron chi connectivity index (χ4n) is 2.37. The van der Waals surface area contributed by atoms with Gasteiger partial charge >= 0.3 is 6.18 Å². The fourth-order valence-corrected chi connectivity index (χ4v) is 2.93. The summed E-state index contributed by atoms with van der Waals surface area (Å²) in [6, 6.07) is 12.5. The van der Waals surface area contributed by atoms with E-state index in [-0.39, 0.29) is 5.56 Å². The van der Waals surface area contributed by atoms with Crippen molar-refractivity contribution < 1.29 is 21.6 Å². The second-order valence-electron chi connectivity index (χ2n) is 5.53. The van der Waals surface area contributed by atoms with Crippen LogP contribution < -0.4 is 15.6 Å². The lowest BCUT2D eigenvalue weighted by Gasteiger charge is -2.16. The minimum absolute atomic E-state index is 0.0779. The molecule has 3 rings (SSSR count). The Morgan fingerprint density at radius 3 is 1.75 bits per heavy atom. The zero-order valence-corrected chi connectivity index (χ0v) is 13.3. The Morgan fingerprint density at radius 2 is 1.38 bits per heavy atom. The van der Waals surface area contributed by atoms with Crippen LogP contribution in [0, 0.1) is 0 Å². The Bertz CT molecular complexity index is 843. The standard InChI is InChI=1S/C15H14F3N3O2S/c1-24(22,23)19-13-8-4-11(5-9-13)10-2-6-12(7-3-10)14(20-21-14)15(16,17)18/h2-9,19-21H,1H3. The molecule has 1 fully saturated rings. The molecule has 0 saturated carbocycles. The van der Waals surface area contributed by atoms with E-state index < -0.39 is 21.9 Å². The molecule has 128 valence electrons. The highest BCUT2D eigenvalue weighted by atomic mass is 32.2. The van der Waals surface area contributed by atoms with E-state index in [2.05, 4.69) is 15.6 Å². The number of rotatable bonds is 4. The predicted molar refractivity (Wildman–Crippen MR) is 84.3 cm³/mol. The summed E-state index contributed by atoms with van der Waals surface area (Å²) in [5.74, 6) is 0. The zero-order valence-electron chi connectivity index (χ0n) is 12.5. The first-order valence-electron chi connectivity index (χ1n) is 6.91. The molecule has 0 spiro atoms. The summed E-state index contributed by atoms with van der Waals surface area (Å²) in [6.07, 6.45) is -3.39. The monoisotopic (exact) mass is 357 g/mol. The largest absolute Gasteiger partial charge is 0.426 e. The number of halogens is 3. The van der Waals surface area contributed by atoms with E-state index >= 15 is 0 Å². The van der Waals surface area contributed by atoms with Gasteiger partial charge in [0.15, 0.2) is 0 Å². The lowest BCUT2D eigenvalue weighted by Crippen LogP contribution is -2.34. The Labute approximate surface area is 136 Å². The highest BCUT2D eigenvalue weighted by Crippen LogP contribution is 2.42. The average molecular weight is 357 g/mol. The van der Waals surface area contributed by atoms with Crippen LogP contribution in [0.3, 0.4) is 0 Å². The predicted octanol–water partition coefficient (Wildman–Crippen LogP) is 2.55. The summed E-state index contributed by atoms with van der Waals surface area (Å²) in [4.78, 5) is 0. The highest BCUT2D eigenvalue weighted by Gasteiger charge is 2.65. The third kappa shape index (κ3) is 3.23. The molecule has 0 radical (unpaired) electrons. The first-order valence-corrected chi connectivity index (χ1v) is 8.80. The molecule has 0 bridgehead atoms. The van der Waals surface area contributed by atoms with Gasteiger partial charge in [0.2, 0.25) is 15.7 Å². The van der Waals surface area contributed by atoms with E-state index in [1.165, 1.54) is 12.1 Å². The molecule has 2 aromatic carbocycles. The van der Waals surface area contributed by atoms with Crippen molar-refractivity contribution in [3.05, 3.63) is 54.1 Å². The molecule has 9 heteroatoms. The molecular formula is C15H14F3N3O2S. The van der Waals surface area contributed by atoms with Crippen LogP contribution in [0.25, 0.3) is 11.1 Å². The maximum absolute atomic E-state index is 13.0. The van der Waals surface area contributed by atoms with Gasteiger partial charge in [-0.15, -0.1) is 0 Å². The average Bonchev–Trinajstić information content (AvgIpc) is 3.28. The molecule has 0 amide bonds. The molecule has 0 aliphatic carbocycles. The zero-order chi connectivity index (χ0) is 17.6. The second-order valence-corrected chi connectivity index (χ2v) is 7.28. The molecule has 3 N–H and O–H groups in total. The fraction of sp³-hybridized carbons (Fsp3) is 0.200. The van der Waals surface area contributed by atoms with Crippen molar-refractivity contribution in [3.8, 4) is 11.1 Å². The topological polar surface area (TPSA) is 90.0 Å². The lowest BCUT2D eigenvalue weighted by molar-refractivity contribution is -0.165. The van der Waals surface area contributed by atoms with Crippen LogP contribution in [0.4, 0.5) is 18.9 Å². The molecule has 1 heterocycles. The van der Waals surface area contributed by atoms with Gasteiger partial charge in [-0.25, -0.2) is 19.3 Å². The number of benzene rings is 2. The third-order valence-corrected chi connectivity index (χ3v) is 4.25. The van der Waals surface area contributed by atoms with Crippen LogP contribution in [0.2, 0.25) is 0 Å². The Hall–Kier alpha value is -2.10. The van der Waals surface area contributed by atoms with Crippen LogP contribution >= 0.6 is 0 Å². The Balaban J connectivity index is 1.82. The van der Waals surface area contributed by atoms with Crippen LogP contribution in [0.15, 0.2) is 48.5 Å². The Kier molecular flexibility index (Phi) is 3.82. The van der Waals surface area contributed by atoms with Gasteiger partial charge in [0, 0.05) is 5.69 Å². The van der Waals surface area contributed by atoms with Crippen molar-refractivity contribution in [3.63, 3.8) is 0 Å². The maximum Gasteiger partial charge on any atom is 0.426 e. The van der Waals surface area contributed by atoms with Gasteiger partial charge in [-0.3, -0.25) is 4.72 Å². The van der Waals surface area contributed by atoms with Crippen LogP contribution in [0.1, 0.15) is 5.56 Å². The number of nitrogens with one attached hydrogen (secondary N) is 3. The van der Waals surface area contributed by atoms with Gasteiger partial charge in [0.05, 0.1) is 6.26 Å². The van der Waals surface area contributed by atoms with E-state index in [0.717, 1.165) is 17.4 Å². The normalized spacial score (nSPS) is 16.7. The van der Waals surface area contributed by atoms with E-state index in [4.69, 9.17) is 0 Å². The summed E-state index contributed by atoms with van der Waals surface area (Å²) in [5.41, 5.74) is 4.11. The van der Waals surface area contributed by atoms with Gasteiger partial charge in [-0.1, -0.05) is 36.4 Å². The van der Waals surface area contributed by atoms with Gasteiger partial charge < -0.3 is 0 Å². The third-order valence-electron chi connectivity index (χ3n) is 3.64. The summed E-state index contributed by atoms with van der Waals surface area (Å²) < 4.78 is 63.7. The number of hydrazine groups is 1. The van der Waals surface area contributed by atoms with Crippen molar-refractivity contribution in [2.24, 2.45) is 0 Å². The summed E-state index contributed by atoms with van der Waals surface area (Å²) >= 11 is 0. The molecular weight excluding hydrogens is 343 g/mol. The van der Waals surface area contributed by atoms with Gasteiger partial charge in [0.25, 0.3) is 0 Å². The van der Waals surface area contributed by atoms with Crippen LogP contribution in [-0.2, 0) is 15.7 Å².